The Labute approximate surface area is 154 Å². The van der Waals surface area contributed by atoms with Crippen molar-refractivity contribution in [2.24, 2.45) is 11.8 Å². The molecule has 1 atom stereocenters. The Kier molecular flexibility index (Phi) is 6.14. The second-order valence-corrected chi connectivity index (χ2v) is 10.4. The second-order valence-electron chi connectivity index (χ2n) is 7.13. The standard InChI is InChI=1S/C17H27N3O3S2/c1-13-6-9-20(10-7-13)25(22,23)16-5-4-15(24-16)17(21)19-12-14-3-2-8-18-11-14/h4-5,13-14,18H,2-3,6-12H2,1H3,(H,19,21). The van der Waals surface area contributed by atoms with Crippen LogP contribution in [0.3, 0.4) is 0 Å². The highest BCUT2D eigenvalue weighted by Crippen LogP contribution is 2.28. The molecule has 0 aromatic carbocycles. The van der Waals surface area contributed by atoms with Gasteiger partial charge in [0.1, 0.15) is 4.21 Å². The van der Waals surface area contributed by atoms with Crippen LogP contribution < -0.4 is 10.6 Å². The van der Waals surface area contributed by atoms with E-state index in [1.807, 2.05) is 0 Å². The minimum atomic E-state index is -3.47. The molecule has 140 valence electrons. The smallest absolute Gasteiger partial charge is 0.261 e. The Bertz CT molecular complexity index is 688. The summed E-state index contributed by atoms with van der Waals surface area (Å²) in [6.45, 7) is 5.90. The van der Waals surface area contributed by atoms with Gasteiger partial charge >= 0.3 is 0 Å². The zero-order chi connectivity index (χ0) is 17.9. The molecule has 0 bridgehead atoms. The number of nitrogens with zero attached hydrogens (tertiary/aromatic N) is 1. The molecule has 6 nitrogen and oxygen atoms in total. The molecule has 1 unspecified atom stereocenters. The monoisotopic (exact) mass is 385 g/mol. The molecule has 0 saturated carbocycles. The Balaban J connectivity index is 1.60. The number of thiophene rings is 1. The molecular formula is C17H27N3O3S2. The van der Waals surface area contributed by atoms with Crippen molar-refractivity contribution in [1.29, 1.82) is 0 Å². The minimum Gasteiger partial charge on any atom is -0.351 e. The van der Waals surface area contributed by atoms with Crippen molar-refractivity contribution in [3.63, 3.8) is 0 Å². The van der Waals surface area contributed by atoms with Crippen LogP contribution in [-0.2, 0) is 10.0 Å². The molecule has 3 heterocycles. The van der Waals surface area contributed by atoms with Gasteiger partial charge in [-0.3, -0.25) is 4.79 Å². The van der Waals surface area contributed by atoms with Crippen LogP contribution in [0.1, 0.15) is 42.3 Å². The van der Waals surface area contributed by atoms with E-state index in [0.29, 0.717) is 36.3 Å². The predicted molar refractivity (Wildman–Crippen MR) is 99.4 cm³/mol. The Hall–Kier alpha value is -0.960. The molecule has 2 fully saturated rings. The van der Waals surface area contributed by atoms with Gasteiger partial charge in [0.05, 0.1) is 4.88 Å². The maximum absolute atomic E-state index is 12.7. The van der Waals surface area contributed by atoms with Crippen LogP contribution in [-0.4, -0.2) is 51.4 Å². The number of hydrogen-bond acceptors (Lipinski definition) is 5. The summed E-state index contributed by atoms with van der Waals surface area (Å²) >= 11 is 1.07. The van der Waals surface area contributed by atoms with E-state index in [0.717, 1.165) is 50.1 Å². The normalized spacial score (nSPS) is 23.5. The van der Waals surface area contributed by atoms with Crippen molar-refractivity contribution in [2.45, 2.75) is 36.8 Å². The summed E-state index contributed by atoms with van der Waals surface area (Å²) in [4.78, 5) is 12.8. The van der Waals surface area contributed by atoms with Gasteiger partial charge in [0.15, 0.2) is 0 Å². The van der Waals surface area contributed by atoms with E-state index < -0.39 is 10.0 Å². The number of nitrogens with one attached hydrogen (secondary N) is 2. The van der Waals surface area contributed by atoms with Gasteiger partial charge in [-0.15, -0.1) is 11.3 Å². The molecule has 1 aromatic heterocycles. The highest BCUT2D eigenvalue weighted by Gasteiger charge is 2.29. The second kappa shape index (κ2) is 8.16. The number of amides is 1. The fourth-order valence-corrected chi connectivity index (χ4v) is 6.20. The highest BCUT2D eigenvalue weighted by atomic mass is 32.2. The summed E-state index contributed by atoms with van der Waals surface area (Å²) in [5, 5.41) is 6.27. The van der Waals surface area contributed by atoms with Crippen LogP contribution >= 0.6 is 11.3 Å². The highest BCUT2D eigenvalue weighted by molar-refractivity contribution is 7.91. The Morgan fingerprint density at radius 3 is 2.76 bits per heavy atom. The zero-order valence-corrected chi connectivity index (χ0v) is 16.3. The van der Waals surface area contributed by atoms with E-state index in [1.54, 1.807) is 16.4 Å². The zero-order valence-electron chi connectivity index (χ0n) is 14.7. The van der Waals surface area contributed by atoms with Gasteiger partial charge in [-0.25, -0.2) is 8.42 Å². The molecule has 1 amide bonds. The van der Waals surface area contributed by atoms with E-state index in [4.69, 9.17) is 0 Å². The Morgan fingerprint density at radius 2 is 2.08 bits per heavy atom. The SMILES string of the molecule is CC1CCN(S(=O)(=O)c2ccc(C(=O)NCC3CCCNC3)s2)CC1. The van der Waals surface area contributed by atoms with Gasteiger partial charge in [-0.2, -0.15) is 4.31 Å². The summed E-state index contributed by atoms with van der Waals surface area (Å²) in [5.41, 5.74) is 0. The molecule has 2 saturated heterocycles. The van der Waals surface area contributed by atoms with Crippen LogP contribution in [0, 0.1) is 11.8 Å². The summed E-state index contributed by atoms with van der Waals surface area (Å²) in [5.74, 6) is 0.853. The summed E-state index contributed by atoms with van der Waals surface area (Å²) in [6, 6.07) is 3.19. The molecule has 2 aliphatic rings. The van der Waals surface area contributed by atoms with E-state index >= 15 is 0 Å². The lowest BCUT2D eigenvalue weighted by atomic mass is 10.00. The van der Waals surface area contributed by atoms with Crippen LogP contribution in [0.4, 0.5) is 0 Å². The van der Waals surface area contributed by atoms with Crippen LogP contribution in [0.5, 0.6) is 0 Å². The molecule has 0 spiro atoms. The number of hydrogen-bond donors (Lipinski definition) is 2. The molecule has 25 heavy (non-hydrogen) atoms. The molecule has 2 N–H and O–H groups in total. The molecule has 1 aromatic rings. The average Bonchev–Trinajstić information content (AvgIpc) is 3.12. The van der Waals surface area contributed by atoms with Crippen LogP contribution in [0.15, 0.2) is 16.3 Å². The van der Waals surface area contributed by atoms with E-state index in [2.05, 4.69) is 17.6 Å². The van der Waals surface area contributed by atoms with Crippen molar-refractivity contribution < 1.29 is 13.2 Å². The van der Waals surface area contributed by atoms with E-state index in [-0.39, 0.29) is 10.1 Å². The third-order valence-corrected chi connectivity index (χ3v) is 8.54. The maximum atomic E-state index is 12.7. The van der Waals surface area contributed by atoms with Crippen molar-refractivity contribution in [2.75, 3.05) is 32.7 Å². The third kappa shape index (κ3) is 4.61. The van der Waals surface area contributed by atoms with E-state index in [1.165, 1.54) is 0 Å². The van der Waals surface area contributed by atoms with Gasteiger partial charge in [0, 0.05) is 19.6 Å². The van der Waals surface area contributed by atoms with Gasteiger partial charge in [0.2, 0.25) is 0 Å². The fourth-order valence-electron chi connectivity index (χ4n) is 3.36. The molecule has 3 rings (SSSR count). The largest absolute Gasteiger partial charge is 0.351 e. The van der Waals surface area contributed by atoms with Crippen LogP contribution in [0.2, 0.25) is 0 Å². The van der Waals surface area contributed by atoms with Gasteiger partial charge in [-0.1, -0.05) is 6.92 Å². The molecular weight excluding hydrogens is 358 g/mol. The van der Waals surface area contributed by atoms with Crippen molar-refractivity contribution in [3.8, 4) is 0 Å². The molecule has 2 aliphatic heterocycles. The lowest BCUT2D eigenvalue weighted by Crippen LogP contribution is -2.38. The number of rotatable bonds is 5. The first-order valence-electron chi connectivity index (χ1n) is 9.05. The predicted octanol–water partition coefficient (Wildman–Crippen LogP) is 1.90. The first kappa shape index (κ1) is 18.8. The number of sulfonamides is 1. The quantitative estimate of drug-likeness (QED) is 0.811. The summed E-state index contributed by atoms with van der Waals surface area (Å²) in [6.07, 6.45) is 4.04. The lowest BCUT2D eigenvalue weighted by molar-refractivity contribution is 0.0949. The average molecular weight is 386 g/mol. The minimum absolute atomic E-state index is 0.177. The maximum Gasteiger partial charge on any atom is 0.261 e. The van der Waals surface area contributed by atoms with Crippen molar-refractivity contribution >= 4 is 27.3 Å². The molecule has 0 aliphatic carbocycles. The van der Waals surface area contributed by atoms with Crippen LogP contribution in [0.25, 0.3) is 0 Å². The third-order valence-electron chi connectivity index (χ3n) is 5.09. The van der Waals surface area contributed by atoms with Gasteiger partial charge in [0.25, 0.3) is 15.9 Å². The van der Waals surface area contributed by atoms with Crippen molar-refractivity contribution in [3.05, 3.63) is 17.0 Å². The number of piperidine rings is 2. The summed E-state index contributed by atoms with van der Waals surface area (Å²) < 4.78 is 27.3. The fraction of sp³-hybridized carbons (Fsp3) is 0.706. The van der Waals surface area contributed by atoms with Gasteiger partial charge in [-0.05, 0) is 62.7 Å². The summed E-state index contributed by atoms with van der Waals surface area (Å²) in [7, 11) is -3.47. The molecule has 8 heteroatoms. The topological polar surface area (TPSA) is 78.5 Å². The number of carbonyl (C=O) groups is 1. The number of carbonyl (C=O) groups excluding carboxylic acids is 1. The van der Waals surface area contributed by atoms with Gasteiger partial charge < -0.3 is 10.6 Å². The Morgan fingerprint density at radius 1 is 1.32 bits per heavy atom. The van der Waals surface area contributed by atoms with Crippen molar-refractivity contribution in [1.82, 2.24) is 14.9 Å². The first-order valence-corrected chi connectivity index (χ1v) is 11.3. The first-order chi connectivity index (χ1) is 12.0. The lowest BCUT2D eigenvalue weighted by Gasteiger charge is -2.28. The van der Waals surface area contributed by atoms with E-state index in [9.17, 15) is 13.2 Å². The molecule has 0 radical (unpaired) electrons.